The number of carbonyl (C=O) groups excluding carboxylic acids is 2. The zero-order valence-electron chi connectivity index (χ0n) is 9.64. The number of alkyl halides is 1. The molecule has 1 aromatic carbocycles. The molecule has 2 atom stereocenters. The molecule has 0 radical (unpaired) electrons. The number of benzene rings is 1. The summed E-state index contributed by atoms with van der Waals surface area (Å²) in [5, 5.41) is 2.40. The van der Waals surface area contributed by atoms with Gasteiger partial charge in [-0.2, -0.15) is 0 Å². The lowest BCUT2D eigenvalue weighted by Crippen LogP contribution is -2.37. The molecule has 0 aliphatic carbocycles. The van der Waals surface area contributed by atoms with Crippen LogP contribution in [0, 0.1) is 0 Å². The summed E-state index contributed by atoms with van der Waals surface area (Å²) in [4.78, 5) is 22.2. The molecule has 0 saturated carbocycles. The minimum atomic E-state index is -1.92. The maximum absolute atomic E-state index is 13.8. The molecule has 0 aliphatic rings. The number of halogens is 1. The minimum Gasteiger partial charge on any atom is -0.467 e. The first-order chi connectivity index (χ1) is 8.06. The second-order valence-electron chi connectivity index (χ2n) is 3.51. The fourth-order valence-electron chi connectivity index (χ4n) is 1.45. The molecule has 1 aromatic rings. The zero-order chi connectivity index (χ0) is 12.8. The van der Waals surface area contributed by atoms with Crippen LogP contribution in [0.1, 0.15) is 18.5 Å². The van der Waals surface area contributed by atoms with Crippen molar-refractivity contribution in [2.45, 2.75) is 19.1 Å². The molecule has 92 valence electrons. The Morgan fingerprint density at radius 2 is 1.88 bits per heavy atom. The molecule has 0 fully saturated rings. The molecule has 4 nitrogen and oxygen atoms in total. The third-order valence-corrected chi connectivity index (χ3v) is 2.24. The fourth-order valence-corrected chi connectivity index (χ4v) is 1.45. The van der Waals surface area contributed by atoms with Gasteiger partial charge in [-0.15, -0.1) is 0 Å². The predicted molar refractivity (Wildman–Crippen MR) is 59.9 cm³/mol. The topological polar surface area (TPSA) is 55.4 Å². The molecule has 0 bridgehead atoms. The van der Waals surface area contributed by atoms with E-state index in [4.69, 9.17) is 0 Å². The number of hydrogen-bond donors (Lipinski definition) is 1. The second kappa shape index (κ2) is 5.98. The minimum absolute atomic E-state index is 0.412. The Kier molecular flexibility index (Phi) is 4.63. The molecule has 1 rings (SSSR count). The molecule has 17 heavy (non-hydrogen) atoms. The van der Waals surface area contributed by atoms with Crippen molar-refractivity contribution in [1.29, 1.82) is 0 Å². The summed E-state index contributed by atoms with van der Waals surface area (Å²) in [6.45, 7) is 1.26. The van der Waals surface area contributed by atoms with E-state index in [9.17, 15) is 14.0 Å². The van der Waals surface area contributed by atoms with Gasteiger partial charge in [0.1, 0.15) is 0 Å². The third-order valence-electron chi connectivity index (χ3n) is 2.24. The van der Waals surface area contributed by atoms with E-state index < -0.39 is 24.1 Å². The van der Waals surface area contributed by atoms with Gasteiger partial charge in [0, 0.05) is 6.92 Å². The summed E-state index contributed by atoms with van der Waals surface area (Å²) in [5.74, 6) is -1.42. The lowest BCUT2D eigenvalue weighted by atomic mass is 10.0. The third kappa shape index (κ3) is 3.55. The van der Waals surface area contributed by atoms with Crippen LogP contribution in [-0.4, -0.2) is 25.2 Å². The van der Waals surface area contributed by atoms with Gasteiger partial charge in [-0.25, -0.2) is 9.18 Å². The number of hydrogen-bond acceptors (Lipinski definition) is 3. The number of rotatable bonds is 4. The highest BCUT2D eigenvalue weighted by molar-refractivity contribution is 5.78. The van der Waals surface area contributed by atoms with Crippen LogP contribution in [-0.2, 0) is 14.3 Å². The van der Waals surface area contributed by atoms with Crippen molar-refractivity contribution in [3.05, 3.63) is 35.9 Å². The smallest absolute Gasteiger partial charge is 0.343 e. The van der Waals surface area contributed by atoms with Gasteiger partial charge in [-0.05, 0) is 5.56 Å². The van der Waals surface area contributed by atoms with Crippen molar-refractivity contribution >= 4 is 11.9 Å². The fraction of sp³-hybridized carbons (Fsp3) is 0.333. The average Bonchev–Trinajstić information content (AvgIpc) is 2.35. The van der Waals surface area contributed by atoms with E-state index in [0.29, 0.717) is 5.56 Å². The number of amides is 1. The van der Waals surface area contributed by atoms with Crippen molar-refractivity contribution in [1.82, 2.24) is 5.32 Å². The van der Waals surface area contributed by atoms with Crippen molar-refractivity contribution in [3.8, 4) is 0 Å². The number of ether oxygens (including phenoxy) is 1. The first-order valence-electron chi connectivity index (χ1n) is 5.10. The first kappa shape index (κ1) is 13.2. The summed E-state index contributed by atoms with van der Waals surface area (Å²) in [5.41, 5.74) is 0.514. The first-order valence-corrected chi connectivity index (χ1v) is 5.10. The number of carbonyl (C=O) groups is 2. The molecule has 0 aliphatic heterocycles. The Labute approximate surface area is 98.8 Å². The normalized spacial score (nSPS) is 13.6. The van der Waals surface area contributed by atoms with E-state index in [1.807, 2.05) is 0 Å². The quantitative estimate of drug-likeness (QED) is 0.807. The van der Waals surface area contributed by atoms with Crippen LogP contribution in [0.5, 0.6) is 0 Å². The SMILES string of the molecule is COC(=O)[C@H](F)[C@@H](NC(C)=O)c1ccccc1. The highest BCUT2D eigenvalue weighted by Gasteiger charge is 2.30. The lowest BCUT2D eigenvalue weighted by Gasteiger charge is -2.20. The maximum atomic E-state index is 13.8. The molecule has 1 N–H and O–H groups in total. The van der Waals surface area contributed by atoms with Crippen LogP contribution in [0.3, 0.4) is 0 Å². The summed E-state index contributed by atoms with van der Waals surface area (Å²) in [6, 6.07) is 7.41. The Bertz CT molecular complexity index is 394. The number of esters is 1. The van der Waals surface area contributed by atoms with Crippen molar-refractivity contribution in [2.24, 2.45) is 0 Å². The molecule has 1 amide bonds. The van der Waals surface area contributed by atoms with Gasteiger partial charge in [0.25, 0.3) is 0 Å². The lowest BCUT2D eigenvalue weighted by molar-refractivity contribution is -0.148. The molecule has 0 aromatic heterocycles. The van der Waals surface area contributed by atoms with E-state index in [-0.39, 0.29) is 0 Å². The van der Waals surface area contributed by atoms with Gasteiger partial charge >= 0.3 is 5.97 Å². The Balaban J connectivity index is 2.95. The van der Waals surface area contributed by atoms with Crippen molar-refractivity contribution in [2.75, 3.05) is 7.11 Å². The van der Waals surface area contributed by atoms with Crippen LogP contribution >= 0.6 is 0 Å². The van der Waals surface area contributed by atoms with Gasteiger partial charge in [-0.3, -0.25) is 4.79 Å². The molecule has 0 heterocycles. The Morgan fingerprint density at radius 1 is 1.29 bits per heavy atom. The zero-order valence-corrected chi connectivity index (χ0v) is 9.64. The molecule has 0 spiro atoms. The van der Waals surface area contributed by atoms with Gasteiger partial charge in [0.2, 0.25) is 12.1 Å². The van der Waals surface area contributed by atoms with Gasteiger partial charge in [0.05, 0.1) is 13.2 Å². The molecule has 0 saturated heterocycles. The van der Waals surface area contributed by atoms with Crippen LogP contribution in [0.25, 0.3) is 0 Å². The van der Waals surface area contributed by atoms with E-state index in [1.165, 1.54) is 6.92 Å². The van der Waals surface area contributed by atoms with E-state index in [0.717, 1.165) is 7.11 Å². The predicted octanol–water partition coefficient (Wildman–Crippen LogP) is 1.37. The number of nitrogens with one attached hydrogen (secondary N) is 1. The van der Waals surface area contributed by atoms with E-state index >= 15 is 0 Å². The van der Waals surface area contributed by atoms with Crippen molar-refractivity contribution < 1.29 is 18.7 Å². The highest BCUT2D eigenvalue weighted by atomic mass is 19.1. The molecule has 0 unspecified atom stereocenters. The van der Waals surface area contributed by atoms with Crippen LogP contribution in [0.15, 0.2) is 30.3 Å². The van der Waals surface area contributed by atoms with E-state index in [1.54, 1.807) is 30.3 Å². The van der Waals surface area contributed by atoms with Crippen LogP contribution in [0.4, 0.5) is 4.39 Å². The summed E-state index contributed by atoms with van der Waals surface area (Å²) < 4.78 is 18.1. The average molecular weight is 239 g/mol. The Morgan fingerprint density at radius 3 is 2.35 bits per heavy atom. The van der Waals surface area contributed by atoms with Crippen LogP contribution in [0.2, 0.25) is 0 Å². The van der Waals surface area contributed by atoms with Gasteiger partial charge < -0.3 is 10.1 Å². The number of methoxy groups -OCH3 is 1. The summed E-state index contributed by atoms with van der Waals surface area (Å²) >= 11 is 0. The Hall–Kier alpha value is -1.91. The molecular weight excluding hydrogens is 225 g/mol. The summed E-state index contributed by atoms with van der Waals surface area (Å²) in [6.07, 6.45) is -1.92. The van der Waals surface area contributed by atoms with Crippen molar-refractivity contribution in [3.63, 3.8) is 0 Å². The maximum Gasteiger partial charge on any atom is 0.343 e. The molecular formula is C12H14FNO3. The second-order valence-corrected chi connectivity index (χ2v) is 3.51. The monoisotopic (exact) mass is 239 g/mol. The van der Waals surface area contributed by atoms with E-state index in [2.05, 4.69) is 10.1 Å². The van der Waals surface area contributed by atoms with Crippen LogP contribution < -0.4 is 5.32 Å². The summed E-state index contributed by atoms with van der Waals surface area (Å²) in [7, 11) is 1.10. The molecule has 5 heteroatoms. The largest absolute Gasteiger partial charge is 0.467 e. The van der Waals surface area contributed by atoms with Gasteiger partial charge in [0.15, 0.2) is 0 Å². The highest BCUT2D eigenvalue weighted by Crippen LogP contribution is 2.20. The van der Waals surface area contributed by atoms with Gasteiger partial charge in [-0.1, -0.05) is 30.3 Å². The standard InChI is InChI=1S/C12H14FNO3/c1-8(15)14-11(10(13)12(16)17-2)9-6-4-3-5-7-9/h3-7,10-11H,1-2H3,(H,14,15)/t10-,11+/m1/s1.